The molecule has 1 atom stereocenters. The van der Waals surface area contributed by atoms with Crippen molar-refractivity contribution in [2.45, 2.75) is 37.8 Å². The molecular formula is C17H24F2N2O. The summed E-state index contributed by atoms with van der Waals surface area (Å²) in [5.41, 5.74) is 0.183. The number of halogens is 2. The molecule has 1 aromatic rings. The number of piperidine rings is 1. The van der Waals surface area contributed by atoms with Crippen LogP contribution >= 0.6 is 0 Å². The first kappa shape index (κ1) is 15.8. The zero-order valence-electron chi connectivity index (χ0n) is 12.8. The van der Waals surface area contributed by atoms with Gasteiger partial charge in [-0.1, -0.05) is 6.07 Å². The lowest BCUT2D eigenvalue weighted by Gasteiger charge is -2.37. The standard InChI is InChI=1S/C17H24F2N2O/c18-13-3-4-15(16(19)11-13)17(22)12-20-9-5-14(6-10-20)21-7-1-2-8-21/h3-4,11,14,17,22H,1-2,5-10,12H2. The van der Waals surface area contributed by atoms with Crippen molar-refractivity contribution in [3.05, 3.63) is 35.4 Å². The van der Waals surface area contributed by atoms with Crippen LogP contribution in [-0.2, 0) is 0 Å². The highest BCUT2D eigenvalue weighted by molar-refractivity contribution is 5.21. The van der Waals surface area contributed by atoms with E-state index in [2.05, 4.69) is 9.80 Å². The zero-order valence-corrected chi connectivity index (χ0v) is 12.8. The molecule has 2 saturated heterocycles. The van der Waals surface area contributed by atoms with E-state index in [1.165, 1.54) is 38.1 Å². The van der Waals surface area contributed by atoms with E-state index in [0.717, 1.165) is 32.0 Å². The fraction of sp³-hybridized carbons (Fsp3) is 0.647. The number of hydrogen-bond acceptors (Lipinski definition) is 3. The molecular weight excluding hydrogens is 286 g/mol. The third-order valence-electron chi connectivity index (χ3n) is 4.97. The highest BCUT2D eigenvalue weighted by atomic mass is 19.1. The molecule has 2 heterocycles. The van der Waals surface area contributed by atoms with E-state index >= 15 is 0 Å². The van der Waals surface area contributed by atoms with Gasteiger partial charge in [-0.2, -0.15) is 0 Å². The van der Waals surface area contributed by atoms with E-state index in [1.807, 2.05) is 0 Å². The second kappa shape index (κ2) is 7.02. The lowest BCUT2D eigenvalue weighted by atomic mass is 10.0. The molecule has 0 saturated carbocycles. The number of hydrogen-bond donors (Lipinski definition) is 1. The van der Waals surface area contributed by atoms with E-state index in [4.69, 9.17) is 0 Å². The molecule has 2 aliphatic rings. The van der Waals surface area contributed by atoms with Crippen molar-refractivity contribution in [1.29, 1.82) is 0 Å². The molecule has 3 nitrogen and oxygen atoms in total. The summed E-state index contributed by atoms with van der Waals surface area (Å²) >= 11 is 0. The predicted octanol–water partition coefficient (Wildman–Crippen LogP) is 2.56. The van der Waals surface area contributed by atoms with Crippen molar-refractivity contribution < 1.29 is 13.9 Å². The SMILES string of the molecule is OC(CN1CCC(N2CCCC2)CC1)c1ccc(F)cc1F. The van der Waals surface area contributed by atoms with E-state index in [1.54, 1.807) is 0 Å². The molecule has 22 heavy (non-hydrogen) atoms. The molecule has 3 rings (SSSR count). The Morgan fingerprint density at radius 2 is 1.77 bits per heavy atom. The lowest BCUT2D eigenvalue weighted by Crippen LogP contribution is -2.44. The van der Waals surface area contributed by atoms with Crippen molar-refractivity contribution in [3.8, 4) is 0 Å². The molecule has 0 radical (unpaired) electrons. The van der Waals surface area contributed by atoms with Gasteiger partial charge in [-0.15, -0.1) is 0 Å². The third kappa shape index (κ3) is 3.65. The van der Waals surface area contributed by atoms with Gasteiger partial charge in [-0.05, 0) is 57.9 Å². The van der Waals surface area contributed by atoms with Crippen LogP contribution in [0.1, 0.15) is 37.4 Å². The minimum atomic E-state index is -0.899. The average Bonchev–Trinajstić information content (AvgIpc) is 3.02. The Morgan fingerprint density at radius 1 is 1.09 bits per heavy atom. The largest absolute Gasteiger partial charge is 0.387 e. The van der Waals surface area contributed by atoms with Crippen LogP contribution in [0.2, 0.25) is 0 Å². The Labute approximate surface area is 130 Å². The molecule has 1 aromatic carbocycles. The Balaban J connectivity index is 1.51. The molecule has 5 heteroatoms. The highest BCUT2D eigenvalue weighted by Gasteiger charge is 2.27. The summed E-state index contributed by atoms with van der Waals surface area (Å²) in [4.78, 5) is 4.76. The normalized spacial score (nSPS) is 23.0. The van der Waals surface area contributed by atoms with E-state index < -0.39 is 17.7 Å². The van der Waals surface area contributed by atoms with Gasteiger partial charge in [0.05, 0.1) is 6.10 Å². The minimum Gasteiger partial charge on any atom is -0.387 e. The summed E-state index contributed by atoms with van der Waals surface area (Å²) in [6.07, 6.45) is 3.94. The van der Waals surface area contributed by atoms with Crippen molar-refractivity contribution in [1.82, 2.24) is 9.80 Å². The smallest absolute Gasteiger partial charge is 0.131 e. The summed E-state index contributed by atoms with van der Waals surface area (Å²) < 4.78 is 26.6. The van der Waals surface area contributed by atoms with Crippen LogP contribution in [0, 0.1) is 11.6 Å². The third-order valence-corrected chi connectivity index (χ3v) is 4.97. The van der Waals surface area contributed by atoms with Gasteiger partial charge in [0, 0.05) is 24.2 Å². The highest BCUT2D eigenvalue weighted by Crippen LogP contribution is 2.24. The van der Waals surface area contributed by atoms with Crippen LogP contribution in [0.3, 0.4) is 0 Å². The first-order chi connectivity index (χ1) is 10.6. The number of aliphatic hydroxyl groups excluding tert-OH is 1. The van der Waals surface area contributed by atoms with Crippen LogP contribution in [0.4, 0.5) is 8.78 Å². The number of rotatable bonds is 4. The van der Waals surface area contributed by atoms with Crippen LogP contribution in [0.5, 0.6) is 0 Å². The molecule has 2 aliphatic heterocycles. The summed E-state index contributed by atoms with van der Waals surface area (Å²) in [6.45, 7) is 4.71. The van der Waals surface area contributed by atoms with E-state index in [-0.39, 0.29) is 5.56 Å². The average molecular weight is 310 g/mol. The van der Waals surface area contributed by atoms with Gasteiger partial charge in [0.15, 0.2) is 0 Å². The quantitative estimate of drug-likeness (QED) is 0.926. The molecule has 122 valence electrons. The summed E-state index contributed by atoms with van der Waals surface area (Å²) in [7, 11) is 0. The van der Waals surface area contributed by atoms with Crippen molar-refractivity contribution in [2.24, 2.45) is 0 Å². The molecule has 0 bridgehead atoms. The predicted molar refractivity (Wildman–Crippen MR) is 81.6 cm³/mol. The van der Waals surface area contributed by atoms with Gasteiger partial charge < -0.3 is 14.9 Å². The first-order valence-corrected chi connectivity index (χ1v) is 8.23. The van der Waals surface area contributed by atoms with Crippen molar-refractivity contribution in [3.63, 3.8) is 0 Å². The van der Waals surface area contributed by atoms with E-state index in [9.17, 15) is 13.9 Å². The first-order valence-electron chi connectivity index (χ1n) is 8.23. The molecule has 2 fully saturated rings. The summed E-state index contributed by atoms with van der Waals surface area (Å²) in [6, 6.07) is 4.03. The Kier molecular flexibility index (Phi) is 5.06. The van der Waals surface area contributed by atoms with Gasteiger partial charge >= 0.3 is 0 Å². The number of likely N-dealkylation sites (tertiary alicyclic amines) is 2. The fourth-order valence-corrected chi connectivity index (χ4v) is 3.69. The maximum Gasteiger partial charge on any atom is 0.131 e. The molecule has 0 aliphatic carbocycles. The van der Waals surface area contributed by atoms with Gasteiger partial charge in [-0.3, -0.25) is 0 Å². The second-order valence-electron chi connectivity index (χ2n) is 6.46. The maximum atomic E-state index is 13.7. The monoisotopic (exact) mass is 310 g/mol. The van der Waals surface area contributed by atoms with Crippen LogP contribution in [0.25, 0.3) is 0 Å². The van der Waals surface area contributed by atoms with Crippen LogP contribution in [-0.4, -0.2) is 53.7 Å². The van der Waals surface area contributed by atoms with E-state index in [0.29, 0.717) is 12.6 Å². The number of nitrogens with zero attached hydrogens (tertiary/aromatic N) is 2. The number of benzene rings is 1. The van der Waals surface area contributed by atoms with Gasteiger partial charge in [0.1, 0.15) is 11.6 Å². The Bertz CT molecular complexity index is 497. The topological polar surface area (TPSA) is 26.7 Å². The van der Waals surface area contributed by atoms with Gasteiger partial charge in [0.25, 0.3) is 0 Å². The van der Waals surface area contributed by atoms with Gasteiger partial charge in [0.2, 0.25) is 0 Å². The minimum absolute atomic E-state index is 0.183. The second-order valence-corrected chi connectivity index (χ2v) is 6.46. The lowest BCUT2D eigenvalue weighted by molar-refractivity contribution is 0.0722. The summed E-state index contributed by atoms with van der Waals surface area (Å²) in [5.74, 6) is -1.28. The molecule has 0 aromatic heterocycles. The molecule has 0 spiro atoms. The van der Waals surface area contributed by atoms with Gasteiger partial charge in [-0.25, -0.2) is 8.78 Å². The zero-order chi connectivity index (χ0) is 15.5. The fourth-order valence-electron chi connectivity index (χ4n) is 3.69. The number of aliphatic hydroxyl groups is 1. The molecule has 1 N–H and O–H groups in total. The number of β-amino-alcohol motifs (C(OH)–C–C–N with tert-alkyl or cyclic N) is 1. The Morgan fingerprint density at radius 3 is 2.41 bits per heavy atom. The van der Waals surface area contributed by atoms with Crippen molar-refractivity contribution >= 4 is 0 Å². The summed E-state index contributed by atoms with van der Waals surface area (Å²) in [5, 5.41) is 10.2. The molecule has 0 amide bonds. The van der Waals surface area contributed by atoms with Crippen LogP contribution in [0.15, 0.2) is 18.2 Å². The molecule has 1 unspecified atom stereocenters. The van der Waals surface area contributed by atoms with Crippen LogP contribution < -0.4 is 0 Å². The maximum absolute atomic E-state index is 13.7. The Hall–Kier alpha value is -1.04. The van der Waals surface area contributed by atoms with Crippen molar-refractivity contribution in [2.75, 3.05) is 32.7 Å².